The van der Waals surface area contributed by atoms with Crippen LogP contribution in [0.5, 0.6) is 0 Å². The fourth-order valence-electron chi connectivity index (χ4n) is 4.28. The van der Waals surface area contributed by atoms with E-state index in [1.807, 2.05) is 23.6 Å². The Hall–Kier alpha value is -3.36. The lowest BCUT2D eigenvalue weighted by atomic mass is 10.0. The van der Waals surface area contributed by atoms with Crippen molar-refractivity contribution in [3.63, 3.8) is 0 Å². The van der Waals surface area contributed by atoms with Crippen molar-refractivity contribution in [1.82, 2.24) is 19.3 Å². The van der Waals surface area contributed by atoms with Gasteiger partial charge in [-0.25, -0.2) is 18.0 Å². The number of rotatable bonds is 5. The van der Waals surface area contributed by atoms with Crippen molar-refractivity contribution in [2.45, 2.75) is 45.2 Å². The fourth-order valence-corrected chi connectivity index (χ4v) is 4.28. The van der Waals surface area contributed by atoms with Crippen LogP contribution in [0.25, 0.3) is 21.8 Å². The molecule has 1 aliphatic carbocycles. The number of aromatic nitrogens is 4. The van der Waals surface area contributed by atoms with Gasteiger partial charge in [0.25, 0.3) is 6.43 Å². The Morgan fingerprint density at radius 1 is 1.09 bits per heavy atom. The molecular weight excluding hydrogens is 419 g/mol. The van der Waals surface area contributed by atoms with Crippen LogP contribution in [-0.4, -0.2) is 19.3 Å². The van der Waals surface area contributed by atoms with E-state index < -0.39 is 23.8 Å². The highest BCUT2D eigenvalue weighted by Crippen LogP contribution is 2.38. The van der Waals surface area contributed by atoms with Crippen LogP contribution in [0.2, 0.25) is 0 Å². The van der Waals surface area contributed by atoms with Crippen LogP contribution < -0.4 is 11.0 Å². The van der Waals surface area contributed by atoms with Crippen LogP contribution in [0, 0.1) is 12.7 Å². The summed E-state index contributed by atoms with van der Waals surface area (Å²) < 4.78 is 44.4. The molecule has 0 amide bonds. The molecule has 1 fully saturated rings. The maximum atomic E-state index is 14.7. The molecule has 32 heavy (non-hydrogen) atoms. The molecular formula is C23H22F3N5O. The molecule has 0 bridgehead atoms. The van der Waals surface area contributed by atoms with Gasteiger partial charge >= 0.3 is 5.69 Å². The normalized spacial score (nSPS) is 15.1. The van der Waals surface area contributed by atoms with Gasteiger partial charge in [0, 0.05) is 29.4 Å². The molecule has 1 aliphatic rings. The first kappa shape index (κ1) is 20.5. The van der Waals surface area contributed by atoms with Gasteiger partial charge in [-0.15, -0.1) is 5.10 Å². The third-order valence-corrected chi connectivity index (χ3v) is 6.20. The topological polar surface area (TPSA) is 64.7 Å². The summed E-state index contributed by atoms with van der Waals surface area (Å²) in [5, 5.41) is 13.2. The monoisotopic (exact) mass is 441 g/mol. The molecule has 0 aliphatic heterocycles. The van der Waals surface area contributed by atoms with E-state index in [0.717, 1.165) is 40.7 Å². The van der Waals surface area contributed by atoms with Gasteiger partial charge in [0.2, 0.25) is 0 Å². The maximum absolute atomic E-state index is 14.7. The standard InChI is InChI=1S/C23H22F3N5O/c1-11(14-5-4-6-15(20(14)24)21(25)26)27-22-17-10-19-18(9-16(17)12(2)28-29-22)30(3)23(32)31(19)13-7-8-13/h4-6,9-11,13,21H,7-8H2,1-3H3,(H,27,29)/t11-/m1/s1. The summed E-state index contributed by atoms with van der Waals surface area (Å²) >= 11 is 0. The Labute approximate surface area is 181 Å². The van der Waals surface area contributed by atoms with Gasteiger partial charge < -0.3 is 5.32 Å². The van der Waals surface area contributed by atoms with Crippen molar-refractivity contribution in [1.29, 1.82) is 0 Å². The van der Waals surface area contributed by atoms with E-state index >= 15 is 0 Å². The summed E-state index contributed by atoms with van der Waals surface area (Å²) in [5.41, 5.74) is 1.73. The number of nitrogens with zero attached hydrogens (tertiary/aromatic N) is 4. The Bertz CT molecular complexity index is 1420. The van der Waals surface area contributed by atoms with Crippen LogP contribution in [-0.2, 0) is 7.05 Å². The molecule has 1 saturated carbocycles. The molecule has 5 rings (SSSR count). The second-order valence-electron chi connectivity index (χ2n) is 8.38. The molecule has 0 spiro atoms. The van der Waals surface area contributed by atoms with Gasteiger partial charge in [0.15, 0.2) is 5.82 Å². The van der Waals surface area contributed by atoms with E-state index in [4.69, 9.17) is 0 Å². The van der Waals surface area contributed by atoms with Crippen LogP contribution in [0.4, 0.5) is 19.0 Å². The molecule has 2 aromatic carbocycles. The summed E-state index contributed by atoms with van der Waals surface area (Å²) in [4.78, 5) is 12.8. The molecule has 6 nitrogen and oxygen atoms in total. The predicted octanol–water partition coefficient (Wildman–Crippen LogP) is 5.18. The number of anilines is 1. The van der Waals surface area contributed by atoms with Gasteiger partial charge in [-0.1, -0.05) is 18.2 Å². The first-order valence-corrected chi connectivity index (χ1v) is 10.5. The van der Waals surface area contributed by atoms with Crippen molar-refractivity contribution in [2.24, 2.45) is 7.05 Å². The van der Waals surface area contributed by atoms with Crippen molar-refractivity contribution in [3.05, 3.63) is 63.5 Å². The molecule has 1 atom stereocenters. The molecule has 2 aromatic heterocycles. The third kappa shape index (κ3) is 3.14. The summed E-state index contributed by atoms with van der Waals surface area (Å²) in [6.45, 7) is 3.51. The highest BCUT2D eigenvalue weighted by Gasteiger charge is 2.29. The SMILES string of the molecule is Cc1nnc(N[C@H](C)c2cccc(C(F)F)c2F)c2cc3c(cc12)n(C)c(=O)n3C1CC1. The van der Waals surface area contributed by atoms with Gasteiger partial charge in [0.1, 0.15) is 5.82 Å². The van der Waals surface area contributed by atoms with Crippen LogP contribution in [0.3, 0.4) is 0 Å². The summed E-state index contributed by atoms with van der Waals surface area (Å²) in [5.74, 6) is -0.527. The zero-order chi connectivity index (χ0) is 22.7. The lowest BCUT2D eigenvalue weighted by Gasteiger charge is -2.18. The lowest BCUT2D eigenvalue weighted by Crippen LogP contribution is -2.21. The van der Waals surface area contributed by atoms with Crippen LogP contribution in [0.15, 0.2) is 35.1 Å². The van der Waals surface area contributed by atoms with Gasteiger partial charge in [0.05, 0.1) is 28.3 Å². The van der Waals surface area contributed by atoms with Gasteiger partial charge in [-0.2, -0.15) is 5.10 Å². The first-order chi connectivity index (χ1) is 15.3. The minimum Gasteiger partial charge on any atom is -0.361 e. The summed E-state index contributed by atoms with van der Waals surface area (Å²) in [6.07, 6.45) is -0.966. The van der Waals surface area contributed by atoms with E-state index in [2.05, 4.69) is 15.5 Å². The average Bonchev–Trinajstić information content (AvgIpc) is 3.56. The summed E-state index contributed by atoms with van der Waals surface area (Å²) in [7, 11) is 1.75. The Morgan fingerprint density at radius 3 is 2.47 bits per heavy atom. The molecule has 0 saturated heterocycles. The number of fused-ring (bicyclic) bond motifs is 2. The number of imidazole rings is 1. The van der Waals surface area contributed by atoms with E-state index in [0.29, 0.717) is 11.5 Å². The van der Waals surface area contributed by atoms with E-state index in [1.54, 1.807) is 18.5 Å². The number of hydrogen-bond acceptors (Lipinski definition) is 4. The quantitative estimate of drug-likeness (QED) is 0.464. The van der Waals surface area contributed by atoms with Crippen molar-refractivity contribution < 1.29 is 13.2 Å². The number of aryl methyl sites for hydroxylation is 2. The number of hydrogen-bond donors (Lipinski definition) is 1. The number of alkyl halides is 2. The Kier molecular flexibility index (Phi) is 4.72. The van der Waals surface area contributed by atoms with Crippen LogP contribution >= 0.6 is 0 Å². The molecule has 166 valence electrons. The second kappa shape index (κ2) is 7.36. The smallest absolute Gasteiger partial charge is 0.329 e. The minimum absolute atomic E-state index is 0.0647. The third-order valence-electron chi connectivity index (χ3n) is 6.20. The number of benzene rings is 2. The van der Waals surface area contributed by atoms with Gasteiger partial charge in [-0.05, 0) is 38.8 Å². The van der Waals surface area contributed by atoms with E-state index in [1.165, 1.54) is 12.1 Å². The molecule has 4 aromatic rings. The predicted molar refractivity (Wildman–Crippen MR) is 117 cm³/mol. The minimum atomic E-state index is -2.90. The Morgan fingerprint density at radius 2 is 1.78 bits per heavy atom. The van der Waals surface area contributed by atoms with Crippen molar-refractivity contribution >= 4 is 27.6 Å². The largest absolute Gasteiger partial charge is 0.361 e. The maximum Gasteiger partial charge on any atom is 0.329 e. The molecule has 0 radical (unpaired) electrons. The van der Waals surface area contributed by atoms with E-state index in [9.17, 15) is 18.0 Å². The average molecular weight is 441 g/mol. The molecule has 0 unspecified atom stereocenters. The van der Waals surface area contributed by atoms with Crippen molar-refractivity contribution in [3.8, 4) is 0 Å². The Balaban J connectivity index is 1.64. The van der Waals surface area contributed by atoms with Crippen molar-refractivity contribution in [2.75, 3.05) is 5.32 Å². The summed E-state index contributed by atoms with van der Waals surface area (Å²) in [6, 6.07) is 7.37. The highest BCUT2D eigenvalue weighted by atomic mass is 19.3. The molecule has 2 heterocycles. The lowest BCUT2D eigenvalue weighted by molar-refractivity contribution is 0.146. The number of halogens is 3. The molecule has 1 N–H and O–H groups in total. The highest BCUT2D eigenvalue weighted by molar-refractivity contribution is 6.01. The fraction of sp³-hybridized carbons (Fsp3) is 0.348. The first-order valence-electron chi connectivity index (χ1n) is 10.5. The van der Waals surface area contributed by atoms with Crippen LogP contribution in [0.1, 0.15) is 55.1 Å². The van der Waals surface area contributed by atoms with E-state index in [-0.39, 0.29) is 17.3 Å². The zero-order valence-electron chi connectivity index (χ0n) is 17.9. The van der Waals surface area contributed by atoms with Gasteiger partial charge in [-0.3, -0.25) is 9.13 Å². The molecule has 9 heteroatoms. The zero-order valence-corrected chi connectivity index (χ0v) is 17.9. The second-order valence-corrected chi connectivity index (χ2v) is 8.38. The number of nitrogens with one attached hydrogen (secondary N) is 1.